The predicted octanol–water partition coefficient (Wildman–Crippen LogP) is 2.99. The van der Waals surface area contributed by atoms with Crippen LogP contribution >= 0.6 is 24.8 Å². The third-order valence-electron chi connectivity index (χ3n) is 4.93. The Hall–Kier alpha value is -2.28. The van der Waals surface area contributed by atoms with Crippen LogP contribution in [0, 0.1) is 6.92 Å². The number of aryl methyl sites for hydroxylation is 1. The number of benzene rings is 2. The molecule has 0 radical (unpaired) electrons. The van der Waals surface area contributed by atoms with Crippen molar-refractivity contribution in [2.45, 2.75) is 13.3 Å². The number of halogens is 2. The Kier molecular flexibility index (Phi) is 9.43. The van der Waals surface area contributed by atoms with E-state index >= 15 is 0 Å². The molecule has 1 aliphatic rings. The van der Waals surface area contributed by atoms with Gasteiger partial charge in [0, 0.05) is 43.1 Å². The number of piperazine rings is 1. The van der Waals surface area contributed by atoms with Gasteiger partial charge in [0.05, 0.1) is 6.42 Å². The first-order chi connectivity index (χ1) is 12.9. The van der Waals surface area contributed by atoms with Gasteiger partial charge in [-0.25, -0.2) is 0 Å². The SMILES string of the molecule is Cc1ccc(N)cc1C(=O)Nc1ccc(CC(=O)N2CCN(C)CC2)cc1.Cl.Cl. The number of likely N-dealkylation sites (N-methyl/N-ethyl adjacent to an activating group) is 1. The van der Waals surface area contributed by atoms with Gasteiger partial charge in [-0.2, -0.15) is 0 Å². The van der Waals surface area contributed by atoms with Crippen molar-refractivity contribution in [1.29, 1.82) is 0 Å². The van der Waals surface area contributed by atoms with E-state index in [2.05, 4.69) is 17.3 Å². The zero-order valence-corrected chi connectivity index (χ0v) is 18.3. The van der Waals surface area contributed by atoms with Crippen molar-refractivity contribution in [2.75, 3.05) is 44.3 Å². The number of nitrogen functional groups attached to an aromatic ring is 1. The topological polar surface area (TPSA) is 78.7 Å². The Morgan fingerprint density at radius 3 is 2.24 bits per heavy atom. The molecule has 1 aliphatic heterocycles. The van der Waals surface area contributed by atoms with Crippen LogP contribution in [0.4, 0.5) is 11.4 Å². The molecular weight excluding hydrogens is 411 g/mol. The van der Waals surface area contributed by atoms with Crippen molar-refractivity contribution in [3.05, 3.63) is 59.2 Å². The molecule has 8 heteroatoms. The molecule has 6 nitrogen and oxygen atoms in total. The molecule has 3 rings (SSSR count). The lowest BCUT2D eigenvalue weighted by atomic mass is 10.1. The number of hydrogen-bond donors (Lipinski definition) is 2. The molecule has 29 heavy (non-hydrogen) atoms. The van der Waals surface area contributed by atoms with Gasteiger partial charge in [-0.3, -0.25) is 9.59 Å². The van der Waals surface area contributed by atoms with Gasteiger partial charge in [-0.15, -0.1) is 24.8 Å². The molecule has 1 heterocycles. The molecule has 0 bridgehead atoms. The lowest BCUT2D eigenvalue weighted by Crippen LogP contribution is -2.47. The largest absolute Gasteiger partial charge is 0.399 e. The van der Waals surface area contributed by atoms with Gasteiger partial charge in [-0.1, -0.05) is 18.2 Å². The normalized spacial score (nSPS) is 13.8. The highest BCUT2D eigenvalue weighted by Crippen LogP contribution is 2.17. The van der Waals surface area contributed by atoms with Gasteiger partial charge in [-0.05, 0) is 49.4 Å². The van der Waals surface area contributed by atoms with Crippen LogP contribution in [0.1, 0.15) is 21.5 Å². The molecule has 2 aromatic carbocycles. The Morgan fingerprint density at radius 2 is 1.62 bits per heavy atom. The van der Waals surface area contributed by atoms with Crippen molar-refractivity contribution >= 4 is 48.0 Å². The van der Waals surface area contributed by atoms with Crippen LogP contribution in [0.2, 0.25) is 0 Å². The predicted molar refractivity (Wildman–Crippen MR) is 122 cm³/mol. The van der Waals surface area contributed by atoms with Crippen LogP contribution in [0.5, 0.6) is 0 Å². The zero-order chi connectivity index (χ0) is 19.4. The number of nitrogens with two attached hydrogens (primary N) is 1. The molecule has 0 saturated carbocycles. The summed E-state index contributed by atoms with van der Waals surface area (Å²) in [7, 11) is 2.07. The molecule has 2 amide bonds. The van der Waals surface area contributed by atoms with Crippen molar-refractivity contribution < 1.29 is 9.59 Å². The molecule has 0 unspecified atom stereocenters. The number of anilines is 2. The first kappa shape index (κ1) is 24.8. The summed E-state index contributed by atoms with van der Waals surface area (Å²) in [6.07, 6.45) is 0.381. The van der Waals surface area contributed by atoms with E-state index in [9.17, 15) is 9.59 Å². The summed E-state index contributed by atoms with van der Waals surface area (Å²) in [4.78, 5) is 29.0. The molecule has 0 atom stereocenters. The summed E-state index contributed by atoms with van der Waals surface area (Å²) in [5.74, 6) is -0.0451. The highest BCUT2D eigenvalue weighted by atomic mass is 35.5. The van der Waals surface area contributed by atoms with Crippen molar-refractivity contribution in [3.63, 3.8) is 0 Å². The summed E-state index contributed by atoms with van der Waals surface area (Å²) in [5.41, 5.74) is 9.40. The van der Waals surface area contributed by atoms with E-state index in [1.807, 2.05) is 42.2 Å². The Bertz CT molecular complexity index is 835. The van der Waals surface area contributed by atoms with Gasteiger partial charge in [0.25, 0.3) is 5.91 Å². The molecule has 3 N–H and O–H groups in total. The van der Waals surface area contributed by atoms with Crippen molar-refractivity contribution in [1.82, 2.24) is 9.80 Å². The zero-order valence-electron chi connectivity index (χ0n) is 16.7. The molecular formula is C21H28Cl2N4O2. The number of hydrogen-bond acceptors (Lipinski definition) is 4. The maximum atomic E-state index is 12.5. The second kappa shape index (κ2) is 11.0. The number of carbonyl (C=O) groups is 2. The van der Waals surface area contributed by atoms with Gasteiger partial charge in [0.1, 0.15) is 0 Å². The number of rotatable bonds is 4. The van der Waals surface area contributed by atoms with E-state index in [0.717, 1.165) is 37.3 Å². The minimum atomic E-state index is -0.193. The maximum absolute atomic E-state index is 12.5. The third kappa shape index (κ3) is 6.63. The first-order valence-corrected chi connectivity index (χ1v) is 9.15. The second-order valence-electron chi connectivity index (χ2n) is 7.09. The summed E-state index contributed by atoms with van der Waals surface area (Å²) in [6, 6.07) is 12.7. The lowest BCUT2D eigenvalue weighted by Gasteiger charge is -2.32. The fraction of sp³-hybridized carbons (Fsp3) is 0.333. The molecule has 158 valence electrons. The van der Waals surface area contributed by atoms with Crippen LogP contribution in [0.25, 0.3) is 0 Å². The maximum Gasteiger partial charge on any atom is 0.256 e. The molecule has 1 fully saturated rings. The van der Waals surface area contributed by atoms with Gasteiger partial charge >= 0.3 is 0 Å². The molecule has 1 saturated heterocycles. The standard InChI is InChI=1S/C21H26N4O2.2ClH/c1-15-3-6-17(22)14-19(15)21(27)23-18-7-4-16(5-8-18)13-20(26)25-11-9-24(2)10-12-25;;/h3-8,14H,9-13,22H2,1-2H3,(H,23,27);2*1H. The van der Waals surface area contributed by atoms with Gasteiger partial charge in [0.2, 0.25) is 5.91 Å². The second-order valence-corrected chi connectivity index (χ2v) is 7.09. The first-order valence-electron chi connectivity index (χ1n) is 9.15. The summed E-state index contributed by atoms with van der Waals surface area (Å²) < 4.78 is 0. The molecule has 0 aliphatic carbocycles. The number of nitrogens with zero attached hydrogens (tertiary/aromatic N) is 2. The molecule has 2 aromatic rings. The Labute approximate surface area is 184 Å². The van der Waals surface area contributed by atoms with E-state index in [0.29, 0.717) is 23.4 Å². The van der Waals surface area contributed by atoms with Crippen LogP contribution in [-0.4, -0.2) is 54.8 Å². The van der Waals surface area contributed by atoms with Crippen LogP contribution < -0.4 is 11.1 Å². The number of amides is 2. The number of nitrogens with one attached hydrogen (secondary N) is 1. The van der Waals surface area contributed by atoms with E-state index in [1.165, 1.54) is 0 Å². The monoisotopic (exact) mass is 438 g/mol. The van der Waals surface area contributed by atoms with Crippen LogP contribution in [0.15, 0.2) is 42.5 Å². The average Bonchev–Trinajstić information content (AvgIpc) is 2.65. The Morgan fingerprint density at radius 1 is 1.00 bits per heavy atom. The van der Waals surface area contributed by atoms with Gasteiger partial charge in [0.15, 0.2) is 0 Å². The highest BCUT2D eigenvalue weighted by molar-refractivity contribution is 6.05. The van der Waals surface area contributed by atoms with E-state index in [-0.39, 0.29) is 36.6 Å². The van der Waals surface area contributed by atoms with Gasteiger partial charge < -0.3 is 20.9 Å². The van der Waals surface area contributed by atoms with E-state index in [4.69, 9.17) is 5.73 Å². The van der Waals surface area contributed by atoms with E-state index < -0.39 is 0 Å². The van der Waals surface area contributed by atoms with Crippen molar-refractivity contribution in [3.8, 4) is 0 Å². The average molecular weight is 439 g/mol. The third-order valence-corrected chi connectivity index (χ3v) is 4.93. The van der Waals surface area contributed by atoms with Crippen LogP contribution in [0.3, 0.4) is 0 Å². The quantitative estimate of drug-likeness (QED) is 0.718. The van der Waals surface area contributed by atoms with Crippen molar-refractivity contribution in [2.24, 2.45) is 0 Å². The summed E-state index contributed by atoms with van der Waals surface area (Å²) in [6.45, 7) is 5.27. The minimum absolute atomic E-state index is 0. The van der Waals surface area contributed by atoms with E-state index in [1.54, 1.807) is 12.1 Å². The summed E-state index contributed by atoms with van der Waals surface area (Å²) >= 11 is 0. The van der Waals surface area contributed by atoms with Crippen LogP contribution in [-0.2, 0) is 11.2 Å². The lowest BCUT2D eigenvalue weighted by molar-refractivity contribution is -0.132. The molecule has 0 aromatic heterocycles. The highest BCUT2D eigenvalue weighted by Gasteiger charge is 2.19. The minimum Gasteiger partial charge on any atom is -0.399 e. The fourth-order valence-corrected chi connectivity index (χ4v) is 3.13. The summed E-state index contributed by atoms with van der Waals surface area (Å²) in [5, 5.41) is 2.88. The molecule has 0 spiro atoms. The number of carbonyl (C=O) groups excluding carboxylic acids is 2. The fourth-order valence-electron chi connectivity index (χ4n) is 3.13. The Balaban J connectivity index is 0.00000210. The smallest absolute Gasteiger partial charge is 0.256 e.